The monoisotopic (exact) mass is 833 g/mol. The van der Waals surface area contributed by atoms with E-state index in [2.05, 4.69) is 57.7 Å². The summed E-state index contributed by atoms with van der Waals surface area (Å²) in [6, 6.07) is 15.6. The first-order chi connectivity index (χ1) is 30.2. The highest BCUT2D eigenvalue weighted by atomic mass is 16.5. The Balaban J connectivity index is 0.957. The summed E-state index contributed by atoms with van der Waals surface area (Å²) in [5, 5.41) is 2.64. The van der Waals surface area contributed by atoms with Crippen LogP contribution in [0, 0.1) is 5.41 Å². The maximum absolute atomic E-state index is 13.5. The molecule has 1 spiro atoms. The van der Waals surface area contributed by atoms with E-state index in [4.69, 9.17) is 14.7 Å². The molecular formula is C51H59N7O4. The van der Waals surface area contributed by atoms with E-state index in [1.165, 1.54) is 97.4 Å². The summed E-state index contributed by atoms with van der Waals surface area (Å²) in [5.41, 5.74) is 16.2. The Morgan fingerprint density at radius 1 is 0.790 bits per heavy atom. The molecule has 2 bridgehead atoms. The minimum absolute atomic E-state index is 0.0216. The third kappa shape index (κ3) is 6.47. The first-order valence-electron chi connectivity index (χ1n) is 23.5. The molecule has 5 aliphatic carbocycles. The molecule has 0 unspecified atom stereocenters. The second-order valence-corrected chi connectivity index (χ2v) is 19.4. The number of ether oxygens (including phenoxy) is 1. The summed E-state index contributed by atoms with van der Waals surface area (Å²) in [6.07, 6.45) is 17.9. The van der Waals surface area contributed by atoms with Gasteiger partial charge < -0.3 is 29.8 Å². The van der Waals surface area contributed by atoms with Gasteiger partial charge in [-0.15, -0.1) is 0 Å². The Morgan fingerprint density at radius 3 is 2.16 bits per heavy atom. The van der Waals surface area contributed by atoms with Crippen molar-refractivity contribution in [1.29, 1.82) is 0 Å². The molecule has 11 nitrogen and oxygen atoms in total. The van der Waals surface area contributed by atoms with Gasteiger partial charge in [-0.3, -0.25) is 9.59 Å². The summed E-state index contributed by atoms with van der Waals surface area (Å²) in [4.78, 5) is 59.4. The highest BCUT2D eigenvalue weighted by Crippen LogP contribution is 2.58. The number of methoxy groups -OCH3 is 1. The Hall–Kier alpha value is -5.45. The topological polar surface area (TPSA) is 136 Å². The number of carbonyl (C=O) groups excluding carboxylic acids is 3. The molecule has 3 amide bonds. The number of hydrogen-bond donors (Lipinski definition) is 3. The van der Waals surface area contributed by atoms with Crippen LogP contribution in [0.25, 0.3) is 44.5 Å². The van der Waals surface area contributed by atoms with E-state index in [0.29, 0.717) is 30.2 Å². The molecule has 4 heterocycles. The third-order valence-electron chi connectivity index (χ3n) is 15.9. The van der Waals surface area contributed by atoms with Crippen LogP contribution in [0.4, 0.5) is 4.79 Å². The molecule has 62 heavy (non-hydrogen) atoms. The van der Waals surface area contributed by atoms with E-state index in [9.17, 15) is 14.4 Å². The lowest BCUT2D eigenvalue weighted by Gasteiger charge is -2.41. The number of amides is 3. The summed E-state index contributed by atoms with van der Waals surface area (Å²) >= 11 is 0. The molecule has 12 rings (SSSR count). The average molecular weight is 834 g/mol. The zero-order chi connectivity index (χ0) is 42.3. The Kier molecular flexibility index (Phi) is 9.80. The van der Waals surface area contributed by atoms with E-state index in [1.807, 2.05) is 22.9 Å². The van der Waals surface area contributed by atoms with E-state index >= 15 is 0 Å². The van der Waals surface area contributed by atoms with E-state index < -0.39 is 12.1 Å². The molecule has 11 heteroatoms. The van der Waals surface area contributed by atoms with Crippen molar-refractivity contribution in [1.82, 2.24) is 35.1 Å². The van der Waals surface area contributed by atoms with Gasteiger partial charge in [0.1, 0.15) is 17.7 Å². The lowest BCUT2D eigenvalue weighted by atomic mass is 9.63. The van der Waals surface area contributed by atoms with E-state index in [1.54, 1.807) is 18.1 Å². The number of fused-ring (bicyclic) bond motifs is 4. The number of imidazole rings is 2. The Morgan fingerprint density at radius 2 is 1.44 bits per heavy atom. The molecule has 0 radical (unpaired) electrons. The van der Waals surface area contributed by atoms with Gasteiger partial charge in [0, 0.05) is 25.1 Å². The van der Waals surface area contributed by atoms with Crippen molar-refractivity contribution in [2.75, 3.05) is 20.2 Å². The first kappa shape index (κ1) is 39.4. The van der Waals surface area contributed by atoms with Gasteiger partial charge in [0.25, 0.3) is 0 Å². The van der Waals surface area contributed by atoms with Crippen LogP contribution in [0.3, 0.4) is 0 Å². The van der Waals surface area contributed by atoms with Crippen LogP contribution in [0.2, 0.25) is 0 Å². The molecule has 322 valence electrons. The van der Waals surface area contributed by atoms with Crippen molar-refractivity contribution in [3.05, 3.63) is 82.6 Å². The number of benzene rings is 3. The van der Waals surface area contributed by atoms with Crippen LogP contribution in [0.15, 0.2) is 48.7 Å². The second kappa shape index (κ2) is 15.4. The molecule has 7 aliphatic rings. The summed E-state index contributed by atoms with van der Waals surface area (Å²) in [7, 11) is 1.31. The number of nitrogens with zero attached hydrogens (tertiary/aromatic N) is 4. The molecule has 4 fully saturated rings. The number of likely N-dealkylation sites (tertiary alicyclic amines) is 2. The molecule has 3 N–H and O–H groups in total. The number of carbonyl (C=O) groups is 3. The molecule has 2 aliphatic heterocycles. The molecular weight excluding hydrogens is 775 g/mol. The Bertz CT molecular complexity index is 2590. The van der Waals surface area contributed by atoms with Crippen LogP contribution in [-0.4, -0.2) is 73.9 Å². The third-order valence-corrected chi connectivity index (χ3v) is 15.9. The fraction of sp³-hybridized carbons (Fsp3) is 0.510. The normalized spacial score (nSPS) is 23.9. The SMILES string of the molecule is CCC(=O)N1CCC[C@H]1c1nc2ccc(-c3ccc(-c4ccc(-c5cnc([C@@H]6CCCN6C(=O)[C@H](C)NC(=O)OC)[nH]5)c5c4CC4(CCCC4)C5)c4c3C3CCC4CC3)cc2[nH]1. The van der Waals surface area contributed by atoms with Gasteiger partial charge in [0.05, 0.1) is 42.1 Å². The van der Waals surface area contributed by atoms with Crippen LogP contribution < -0.4 is 5.32 Å². The van der Waals surface area contributed by atoms with Gasteiger partial charge in [0.2, 0.25) is 11.8 Å². The Labute approximate surface area is 363 Å². The number of H-pyrrole nitrogens is 2. The van der Waals surface area contributed by atoms with E-state index in [0.717, 1.165) is 73.4 Å². The van der Waals surface area contributed by atoms with Gasteiger partial charge in [-0.05, 0) is 158 Å². The van der Waals surface area contributed by atoms with Crippen LogP contribution in [0.1, 0.15) is 155 Å². The van der Waals surface area contributed by atoms with Gasteiger partial charge in [-0.2, -0.15) is 0 Å². The minimum Gasteiger partial charge on any atom is -0.453 e. The fourth-order valence-corrected chi connectivity index (χ4v) is 13.0. The van der Waals surface area contributed by atoms with Gasteiger partial charge in [-0.25, -0.2) is 14.8 Å². The summed E-state index contributed by atoms with van der Waals surface area (Å²) in [5.74, 6) is 2.91. The number of alkyl carbamates (subject to hydrolysis) is 1. The molecule has 2 saturated heterocycles. The zero-order valence-corrected chi connectivity index (χ0v) is 36.4. The maximum Gasteiger partial charge on any atom is 0.407 e. The van der Waals surface area contributed by atoms with Crippen LogP contribution in [0.5, 0.6) is 0 Å². The second-order valence-electron chi connectivity index (χ2n) is 19.4. The molecule has 2 aromatic heterocycles. The largest absolute Gasteiger partial charge is 0.453 e. The van der Waals surface area contributed by atoms with Crippen molar-refractivity contribution >= 4 is 28.9 Å². The standard InChI is InChI=1S/C51H59N7O4/c1-4-44(59)57-23-7-10-43(57)48-54-39-20-15-32(25-40(39)55-48)33-16-19-36(46-31-13-11-30(12-14-31)45(33)46)34-17-18-35(38-27-51(26-37(34)38)21-5-6-22-51)41-28-52-47(56-41)42-9-8-24-58(42)49(60)29(2)53-50(61)62-3/h15-20,25,28-31,42-43H,4-14,21-24,26-27H2,1-3H3,(H,52,56)(H,53,61)(H,54,55)/t29-,30?,31?,42-,43-/m0/s1. The van der Waals surface area contributed by atoms with E-state index in [-0.39, 0.29) is 23.9 Å². The molecule has 3 atom stereocenters. The van der Waals surface area contributed by atoms with Crippen molar-refractivity contribution in [2.24, 2.45) is 5.41 Å². The number of aromatic nitrogens is 4. The molecule has 5 aromatic rings. The first-order valence-corrected chi connectivity index (χ1v) is 23.5. The van der Waals surface area contributed by atoms with Gasteiger partial charge in [0.15, 0.2) is 0 Å². The van der Waals surface area contributed by atoms with Crippen molar-refractivity contribution in [2.45, 2.75) is 140 Å². The van der Waals surface area contributed by atoms with Crippen molar-refractivity contribution in [3.8, 4) is 33.5 Å². The maximum atomic E-state index is 13.5. The van der Waals surface area contributed by atoms with Gasteiger partial charge >= 0.3 is 6.09 Å². The lowest BCUT2D eigenvalue weighted by Crippen LogP contribution is -2.46. The lowest BCUT2D eigenvalue weighted by molar-refractivity contribution is -0.134. The average Bonchev–Trinajstić information content (AvgIpc) is 4.17. The quantitative estimate of drug-likeness (QED) is 0.142. The van der Waals surface area contributed by atoms with Gasteiger partial charge in [-0.1, -0.05) is 50.1 Å². The van der Waals surface area contributed by atoms with Crippen LogP contribution in [-0.2, 0) is 27.2 Å². The summed E-state index contributed by atoms with van der Waals surface area (Å²) < 4.78 is 4.76. The van der Waals surface area contributed by atoms with Crippen molar-refractivity contribution in [3.63, 3.8) is 0 Å². The minimum atomic E-state index is -0.688. The number of aromatic amines is 2. The summed E-state index contributed by atoms with van der Waals surface area (Å²) in [6.45, 7) is 5.09. The zero-order valence-electron chi connectivity index (χ0n) is 36.4. The number of rotatable bonds is 8. The fourth-order valence-electron chi connectivity index (χ4n) is 13.0. The number of hydrogen-bond acceptors (Lipinski definition) is 6. The highest BCUT2D eigenvalue weighted by Gasteiger charge is 2.44. The predicted octanol–water partition coefficient (Wildman–Crippen LogP) is 10.2. The highest BCUT2D eigenvalue weighted by molar-refractivity contribution is 5.88. The molecule has 2 saturated carbocycles. The number of nitrogens with one attached hydrogen (secondary N) is 3. The van der Waals surface area contributed by atoms with Crippen LogP contribution >= 0.6 is 0 Å². The predicted molar refractivity (Wildman–Crippen MR) is 239 cm³/mol. The smallest absolute Gasteiger partial charge is 0.407 e. The molecule has 3 aromatic carbocycles. The van der Waals surface area contributed by atoms with Crippen molar-refractivity contribution < 1.29 is 19.1 Å².